The highest BCUT2D eigenvalue weighted by molar-refractivity contribution is 5.95. The standard InChI is InChI=1S/C28H50N6O8/c1-5-17(4)23(34-24(37)18-10-8-14-30-18)27(40)33-21(15-16(2)3)26(39)31-19(9-6-7-13-29)25(38)32-20(28(41)42)11-12-22(35)36/h16-21,23,30H,5-15,29H2,1-4H3,(H,31,39)(H,32,38)(H,33,40)(H,34,37)(H,35,36)(H,41,42)/t17-,18-,19-,20-,21-,23-/m0/s1. The van der Waals surface area contributed by atoms with Crippen molar-refractivity contribution in [2.75, 3.05) is 13.1 Å². The van der Waals surface area contributed by atoms with Gasteiger partial charge in [-0.2, -0.15) is 0 Å². The smallest absolute Gasteiger partial charge is 0.326 e. The number of carboxylic acid groups (broad SMARTS) is 2. The van der Waals surface area contributed by atoms with Gasteiger partial charge in [-0.25, -0.2) is 4.79 Å². The van der Waals surface area contributed by atoms with Gasteiger partial charge in [0, 0.05) is 6.42 Å². The Morgan fingerprint density at radius 3 is 2.00 bits per heavy atom. The quantitative estimate of drug-likeness (QED) is 0.0864. The van der Waals surface area contributed by atoms with Crippen LogP contribution in [-0.2, 0) is 28.8 Å². The molecule has 14 nitrogen and oxygen atoms in total. The van der Waals surface area contributed by atoms with Gasteiger partial charge in [-0.3, -0.25) is 24.0 Å². The highest BCUT2D eigenvalue weighted by atomic mass is 16.4. The first-order chi connectivity index (χ1) is 19.8. The third-order valence-corrected chi connectivity index (χ3v) is 7.35. The van der Waals surface area contributed by atoms with Gasteiger partial charge in [-0.05, 0) is 69.9 Å². The van der Waals surface area contributed by atoms with Crippen molar-refractivity contribution in [2.45, 2.75) is 116 Å². The Hall–Kier alpha value is -3.26. The van der Waals surface area contributed by atoms with Gasteiger partial charge in [-0.1, -0.05) is 34.1 Å². The number of rotatable bonds is 20. The molecule has 0 aromatic heterocycles. The Labute approximate surface area is 247 Å². The average molecular weight is 599 g/mol. The minimum atomic E-state index is -1.46. The second kappa shape index (κ2) is 19.0. The van der Waals surface area contributed by atoms with E-state index in [0.29, 0.717) is 32.2 Å². The molecule has 0 aromatic rings. The molecule has 1 aliphatic rings. The number of unbranched alkanes of at least 4 members (excludes halogenated alkanes) is 1. The summed E-state index contributed by atoms with van der Waals surface area (Å²) in [7, 11) is 0. The van der Waals surface area contributed by atoms with E-state index < -0.39 is 60.2 Å². The van der Waals surface area contributed by atoms with Crippen molar-refractivity contribution in [2.24, 2.45) is 17.6 Å². The second-order valence-corrected chi connectivity index (χ2v) is 11.4. The number of carboxylic acids is 2. The van der Waals surface area contributed by atoms with Crippen LogP contribution in [0.4, 0.5) is 0 Å². The van der Waals surface area contributed by atoms with E-state index in [9.17, 15) is 33.9 Å². The molecule has 0 spiro atoms. The molecule has 0 radical (unpaired) electrons. The molecule has 0 unspecified atom stereocenters. The van der Waals surface area contributed by atoms with E-state index in [0.717, 1.165) is 13.0 Å². The zero-order chi connectivity index (χ0) is 31.8. The first-order valence-electron chi connectivity index (χ1n) is 14.9. The number of nitrogens with one attached hydrogen (secondary N) is 5. The fourth-order valence-electron chi connectivity index (χ4n) is 4.66. The van der Waals surface area contributed by atoms with Crippen LogP contribution in [0.15, 0.2) is 0 Å². The first kappa shape index (κ1) is 36.8. The summed E-state index contributed by atoms with van der Waals surface area (Å²) in [5.41, 5.74) is 5.57. The van der Waals surface area contributed by atoms with Crippen LogP contribution in [0.3, 0.4) is 0 Å². The van der Waals surface area contributed by atoms with Crippen molar-refractivity contribution >= 4 is 35.6 Å². The second-order valence-electron chi connectivity index (χ2n) is 11.4. The number of hydrogen-bond acceptors (Lipinski definition) is 8. The van der Waals surface area contributed by atoms with E-state index in [1.165, 1.54) is 0 Å². The van der Waals surface area contributed by atoms with Crippen molar-refractivity contribution in [3.05, 3.63) is 0 Å². The van der Waals surface area contributed by atoms with E-state index in [1.54, 1.807) is 0 Å². The lowest BCUT2D eigenvalue weighted by molar-refractivity contribution is -0.143. The van der Waals surface area contributed by atoms with Crippen LogP contribution in [0, 0.1) is 11.8 Å². The van der Waals surface area contributed by atoms with E-state index in [4.69, 9.17) is 10.8 Å². The van der Waals surface area contributed by atoms with Gasteiger partial charge >= 0.3 is 11.9 Å². The lowest BCUT2D eigenvalue weighted by Gasteiger charge is -2.29. The van der Waals surface area contributed by atoms with Crippen LogP contribution in [0.2, 0.25) is 0 Å². The Bertz CT molecular complexity index is 924. The van der Waals surface area contributed by atoms with E-state index in [1.807, 2.05) is 27.7 Å². The van der Waals surface area contributed by atoms with Crippen LogP contribution < -0.4 is 32.3 Å². The lowest BCUT2D eigenvalue weighted by Crippen LogP contribution is -2.59. The molecule has 9 N–H and O–H groups in total. The van der Waals surface area contributed by atoms with Crippen LogP contribution in [0.1, 0.15) is 85.5 Å². The molecule has 1 heterocycles. The summed E-state index contributed by atoms with van der Waals surface area (Å²) in [6.45, 7) is 8.56. The average Bonchev–Trinajstić information content (AvgIpc) is 3.47. The lowest BCUT2D eigenvalue weighted by atomic mass is 9.96. The molecular weight excluding hydrogens is 548 g/mol. The number of amides is 4. The fourth-order valence-corrected chi connectivity index (χ4v) is 4.66. The maximum absolute atomic E-state index is 13.5. The molecule has 1 saturated heterocycles. The largest absolute Gasteiger partial charge is 0.481 e. The normalized spacial score (nSPS) is 18.3. The van der Waals surface area contributed by atoms with E-state index >= 15 is 0 Å². The number of hydrogen-bond donors (Lipinski definition) is 8. The molecule has 6 atom stereocenters. The molecule has 0 aliphatic carbocycles. The molecule has 1 fully saturated rings. The fraction of sp³-hybridized carbons (Fsp3) is 0.786. The number of carbonyl (C=O) groups is 6. The minimum Gasteiger partial charge on any atom is -0.481 e. The van der Waals surface area contributed by atoms with Gasteiger partial charge in [0.05, 0.1) is 6.04 Å². The van der Waals surface area contributed by atoms with Crippen molar-refractivity contribution < 1.29 is 39.0 Å². The van der Waals surface area contributed by atoms with Gasteiger partial charge in [0.15, 0.2) is 0 Å². The SMILES string of the molecule is CC[C@H](C)[C@H](NC(=O)[C@@H]1CCCN1)C(=O)N[C@@H](CC(C)C)C(=O)N[C@@H](CCCCN)C(=O)N[C@@H](CCC(=O)O)C(=O)O. The summed E-state index contributed by atoms with van der Waals surface area (Å²) < 4.78 is 0. The van der Waals surface area contributed by atoms with Crippen molar-refractivity contribution in [3.63, 3.8) is 0 Å². The maximum Gasteiger partial charge on any atom is 0.326 e. The van der Waals surface area contributed by atoms with Crippen LogP contribution in [0.25, 0.3) is 0 Å². The molecule has 14 heteroatoms. The Morgan fingerprint density at radius 2 is 1.48 bits per heavy atom. The Morgan fingerprint density at radius 1 is 0.857 bits per heavy atom. The molecule has 42 heavy (non-hydrogen) atoms. The number of nitrogens with two attached hydrogens (primary N) is 1. The number of aliphatic carboxylic acids is 2. The van der Waals surface area contributed by atoms with E-state index in [2.05, 4.69) is 26.6 Å². The van der Waals surface area contributed by atoms with Crippen LogP contribution >= 0.6 is 0 Å². The molecule has 0 saturated carbocycles. The Balaban J connectivity index is 3.09. The summed E-state index contributed by atoms with van der Waals surface area (Å²) in [4.78, 5) is 75.3. The van der Waals surface area contributed by atoms with Gasteiger partial charge in [0.2, 0.25) is 23.6 Å². The molecule has 1 rings (SSSR count). The molecule has 4 amide bonds. The maximum atomic E-state index is 13.5. The minimum absolute atomic E-state index is 0.0164. The molecule has 1 aliphatic heterocycles. The summed E-state index contributed by atoms with van der Waals surface area (Å²) in [5.74, 6) is -5.03. The van der Waals surface area contributed by atoms with E-state index in [-0.39, 0.29) is 43.0 Å². The molecule has 0 bridgehead atoms. The van der Waals surface area contributed by atoms with Gasteiger partial charge in [-0.15, -0.1) is 0 Å². The zero-order valence-corrected chi connectivity index (χ0v) is 25.2. The summed E-state index contributed by atoms with van der Waals surface area (Å²) in [6, 6.07) is -4.88. The molecular formula is C28H50N6O8. The van der Waals surface area contributed by atoms with Crippen LogP contribution in [-0.4, -0.2) is 89.1 Å². The summed E-state index contributed by atoms with van der Waals surface area (Å²) >= 11 is 0. The number of carbonyl (C=O) groups excluding carboxylic acids is 4. The highest BCUT2D eigenvalue weighted by Crippen LogP contribution is 2.13. The third-order valence-electron chi connectivity index (χ3n) is 7.35. The Kier molecular flexibility index (Phi) is 16.7. The predicted octanol–water partition coefficient (Wildman–Crippen LogP) is -0.152. The molecule has 0 aromatic carbocycles. The summed E-state index contributed by atoms with van der Waals surface area (Å²) in [6.07, 6.45) is 2.76. The first-order valence-corrected chi connectivity index (χ1v) is 14.9. The third kappa shape index (κ3) is 13.1. The van der Waals surface area contributed by atoms with Crippen molar-refractivity contribution in [3.8, 4) is 0 Å². The van der Waals surface area contributed by atoms with Gasteiger partial charge < -0.3 is 42.5 Å². The van der Waals surface area contributed by atoms with Gasteiger partial charge in [0.25, 0.3) is 0 Å². The van der Waals surface area contributed by atoms with Crippen molar-refractivity contribution in [1.29, 1.82) is 0 Å². The van der Waals surface area contributed by atoms with Gasteiger partial charge in [0.1, 0.15) is 24.2 Å². The van der Waals surface area contributed by atoms with Crippen LogP contribution in [0.5, 0.6) is 0 Å². The van der Waals surface area contributed by atoms with Crippen molar-refractivity contribution in [1.82, 2.24) is 26.6 Å². The highest BCUT2D eigenvalue weighted by Gasteiger charge is 2.34. The molecule has 240 valence electrons. The predicted molar refractivity (Wildman–Crippen MR) is 155 cm³/mol. The topological polar surface area (TPSA) is 229 Å². The monoisotopic (exact) mass is 598 g/mol. The zero-order valence-electron chi connectivity index (χ0n) is 25.2. The summed E-state index contributed by atoms with van der Waals surface area (Å²) in [5, 5.41) is 32.1.